The zero-order valence-electron chi connectivity index (χ0n) is 18.0. The molecule has 1 saturated heterocycles. The van der Waals surface area contributed by atoms with Crippen LogP contribution >= 0.6 is 0 Å². The van der Waals surface area contributed by atoms with Crippen LogP contribution in [0, 0.1) is 0 Å². The summed E-state index contributed by atoms with van der Waals surface area (Å²) in [5.74, 6) is 0. The summed E-state index contributed by atoms with van der Waals surface area (Å²) >= 11 is 0. The van der Waals surface area contributed by atoms with E-state index in [9.17, 15) is 0 Å². The quantitative estimate of drug-likeness (QED) is 0.472. The molecule has 0 amide bonds. The number of H-pyrrole nitrogens is 1. The summed E-state index contributed by atoms with van der Waals surface area (Å²) in [6.07, 6.45) is 7.62. The van der Waals surface area contributed by atoms with E-state index < -0.39 is 0 Å². The van der Waals surface area contributed by atoms with Crippen LogP contribution in [0.25, 0.3) is 44.3 Å². The van der Waals surface area contributed by atoms with E-state index in [1.165, 1.54) is 11.1 Å². The molecule has 6 rings (SSSR count). The fourth-order valence-electron chi connectivity index (χ4n) is 4.36. The van der Waals surface area contributed by atoms with E-state index in [1.807, 2.05) is 31.8 Å². The van der Waals surface area contributed by atoms with Gasteiger partial charge in [-0.1, -0.05) is 24.3 Å². The first-order valence-electron chi connectivity index (χ1n) is 10.9. The molecular formula is C25H24N6O. The lowest BCUT2D eigenvalue weighted by atomic mass is 10.0. The summed E-state index contributed by atoms with van der Waals surface area (Å²) in [5, 5.41) is 6.49. The molecule has 5 aromatic rings. The molecular weight excluding hydrogens is 400 g/mol. The van der Waals surface area contributed by atoms with Crippen molar-refractivity contribution in [2.75, 3.05) is 26.3 Å². The number of fused-ring (bicyclic) bond motifs is 3. The van der Waals surface area contributed by atoms with Gasteiger partial charge in [0, 0.05) is 61.0 Å². The minimum atomic E-state index is 0.826. The fraction of sp³-hybridized carbons (Fsp3) is 0.240. The highest BCUT2D eigenvalue weighted by molar-refractivity contribution is 6.07. The zero-order valence-corrected chi connectivity index (χ0v) is 18.0. The standard InChI is InChI=1S/C25H24N6O/c1-30-16-20(13-28-30)23-11-21-22-10-19(12-27-25(22)29-24(21)14-26-23)18-4-2-17(3-5-18)15-31-6-8-32-9-7-31/h2-5,10-14,16H,6-9,15H2,1H3,(H,27,29). The monoisotopic (exact) mass is 424 g/mol. The Bertz CT molecular complexity index is 1400. The van der Waals surface area contributed by atoms with Crippen LogP contribution < -0.4 is 0 Å². The maximum absolute atomic E-state index is 5.45. The zero-order chi connectivity index (χ0) is 21.5. The number of ether oxygens (including phenoxy) is 1. The third-order valence-electron chi connectivity index (χ3n) is 6.13. The van der Waals surface area contributed by atoms with Crippen LogP contribution in [0.4, 0.5) is 0 Å². The van der Waals surface area contributed by atoms with Gasteiger partial charge >= 0.3 is 0 Å². The molecule has 0 aliphatic carbocycles. The van der Waals surface area contributed by atoms with E-state index in [2.05, 4.69) is 56.4 Å². The topological polar surface area (TPSA) is 71.9 Å². The minimum Gasteiger partial charge on any atom is -0.379 e. The number of hydrogen-bond acceptors (Lipinski definition) is 5. The van der Waals surface area contributed by atoms with Gasteiger partial charge in [-0.2, -0.15) is 5.10 Å². The lowest BCUT2D eigenvalue weighted by Gasteiger charge is -2.26. The van der Waals surface area contributed by atoms with E-state index >= 15 is 0 Å². The molecule has 4 aromatic heterocycles. The number of aromatic amines is 1. The van der Waals surface area contributed by atoms with Gasteiger partial charge in [0.15, 0.2) is 0 Å². The molecule has 1 aliphatic heterocycles. The van der Waals surface area contributed by atoms with Gasteiger partial charge in [-0.3, -0.25) is 14.6 Å². The molecule has 1 N–H and O–H groups in total. The smallest absolute Gasteiger partial charge is 0.138 e. The molecule has 0 saturated carbocycles. The molecule has 5 heterocycles. The Balaban J connectivity index is 1.33. The summed E-state index contributed by atoms with van der Waals surface area (Å²) < 4.78 is 7.24. The number of pyridine rings is 2. The Labute approximate surface area is 185 Å². The van der Waals surface area contributed by atoms with Crippen LogP contribution in [0.5, 0.6) is 0 Å². The molecule has 32 heavy (non-hydrogen) atoms. The van der Waals surface area contributed by atoms with E-state index in [0.29, 0.717) is 0 Å². The first kappa shape index (κ1) is 19.2. The van der Waals surface area contributed by atoms with Gasteiger partial charge in [0.1, 0.15) is 5.65 Å². The van der Waals surface area contributed by atoms with Crippen molar-refractivity contribution in [2.45, 2.75) is 6.54 Å². The molecule has 0 spiro atoms. The first-order valence-corrected chi connectivity index (χ1v) is 10.9. The molecule has 0 radical (unpaired) electrons. The highest BCUT2D eigenvalue weighted by Gasteiger charge is 2.12. The average Bonchev–Trinajstić information content (AvgIpc) is 3.43. The highest BCUT2D eigenvalue weighted by Crippen LogP contribution is 2.30. The minimum absolute atomic E-state index is 0.826. The van der Waals surface area contributed by atoms with Gasteiger partial charge in [-0.05, 0) is 23.3 Å². The molecule has 7 nitrogen and oxygen atoms in total. The van der Waals surface area contributed by atoms with E-state index in [4.69, 9.17) is 9.72 Å². The third kappa shape index (κ3) is 3.55. The Hall–Kier alpha value is -3.55. The summed E-state index contributed by atoms with van der Waals surface area (Å²) in [7, 11) is 1.91. The van der Waals surface area contributed by atoms with Crippen LogP contribution in [0.3, 0.4) is 0 Å². The molecule has 7 heteroatoms. The lowest BCUT2D eigenvalue weighted by Crippen LogP contribution is -2.35. The van der Waals surface area contributed by atoms with Crippen molar-refractivity contribution in [3.8, 4) is 22.4 Å². The first-order chi connectivity index (χ1) is 15.7. The lowest BCUT2D eigenvalue weighted by molar-refractivity contribution is 0.0342. The summed E-state index contributed by atoms with van der Waals surface area (Å²) in [5.41, 5.74) is 7.37. The molecule has 0 atom stereocenters. The molecule has 1 fully saturated rings. The molecule has 1 aliphatic rings. The summed E-state index contributed by atoms with van der Waals surface area (Å²) in [6.45, 7) is 4.61. The Morgan fingerprint density at radius 1 is 0.906 bits per heavy atom. The van der Waals surface area contributed by atoms with Gasteiger partial charge in [0.25, 0.3) is 0 Å². The average molecular weight is 425 g/mol. The maximum Gasteiger partial charge on any atom is 0.138 e. The van der Waals surface area contributed by atoms with Crippen LogP contribution in [-0.2, 0) is 18.3 Å². The predicted molar refractivity (Wildman–Crippen MR) is 125 cm³/mol. The van der Waals surface area contributed by atoms with Crippen molar-refractivity contribution in [1.82, 2.24) is 29.6 Å². The highest BCUT2D eigenvalue weighted by atomic mass is 16.5. The normalized spacial score (nSPS) is 15.0. The second kappa shape index (κ2) is 7.85. The Morgan fingerprint density at radius 2 is 1.75 bits per heavy atom. The van der Waals surface area contributed by atoms with Crippen LogP contribution in [0.15, 0.2) is 61.2 Å². The van der Waals surface area contributed by atoms with Gasteiger partial charge in [0.05, 0.1) is 36.8 Å². The van der Waals surface area contributed by atoms with Crippen molar-refractivity contribution >= 4 is 21.9 Å². The van der Waals surface area contributed by atoms with Gasteiger partial charge in [-0.25, -0.2) is 4.98 Å². The molecule has 0 bridgehead atoms. The van der Waals surface area contributed by atoms with Crippen molar-refractivity contribution in [1.29, 1.82) is 0 Å². The van der Waals surface area contributed by atoms with Crippen molar-refractivity contribution in [2.24, 2.45) is 7.05 Å². The number of nitrogens with zero attached hydrogens (tertiary/aromatic N) is 5. The van der Waals surface area contributed by atoms with E-state index in [0.717, 1.165) is 71.6 Å². The van der Waals surface area contributed by atoms with Crippen LogP contribution in [0.2, 0.25) is 0 Å². The second-order valence-electron chi connectivity index (χ2n) is 8.35. The Kier molecular flexibility index (Phi) is 4.70. The molecule has 160 valence electrons. The predicted octanol–water partition coefficient (Wildman–Crippen LogP) is 4.01. The Morgan fingerprint density at radius 3 is 2.53 bits per heavy atom. The van der Waals surface area contributed by atoms with Gasteiger partial charge < -0.3 is 9.72 Å². The number of aryl methyl sites for hydroxylation is 1. The summed E-state index contributed by atoms with van der Waals surface area (Å²) in [6, 6.07) is 13.1. The van der Waals surface area contributed by atoms with Crippen LogP contribution in [0.1, 0.15) is 5.56 Å². The van der Waals surface area contributed by atoms with Crippen LogP contribution in [-0.4, -0.2) is 55.9 Å². The van der Waals surface area contributed by atoms with Gasteiger partial charge in [0.2, 0.25) is 0 Å². The van der Waals surface area contributed by atoms with Crippen molar-refractivity contribution in [3.05, 3.63) is 66.7 Å². The number of rotatable bonds is 4. The summed E-state index contributed by atoms with van der Waals surface area (Å²) in [4.78, 5) is 15.1. The number of aromatic nitrogens is 5. The van der Waals surface area contributed by atoms with Gasteiger partial charge in [-0.15, -0.1) is 0 Å². The maximum atomic E-state index is 5.45. The largest absolute Gasteiger partial charge is 0.379 e. The SMILES string of the molecule is Cn1cc(-c2cc3c(cn2)[nH]c2ncc(-c4ccc(CN5CCOCC5)cc4)cc23)cn1. The number of morpholine rings is 1. The van der Waals surface area contributed by atoms with E-state index in [1.54, 1.807) is 4.68 Å². The molecule has 0 unspecified atom stereocenters. The van der Waals surface area contributed by atoms with E-state index in [-0.39, 0.29) is 0 Å². The second-order valence-corrected chi connectivity index (χ2v) is 8.35. The molecule has 1 aromatic carbocycles. The number of nitrogens with one attached hydrogen (secondary N) is 1. The number of hydrogen-bond donors (Lipinski definition) is 1. The number of benzene rings is 1. The van der Waals surface area contributed by atoms with Crippen molar-refractivity contribution in [3.63, 3.8) is 0 Å². The third-order valence-corrected chi connectivity index (χ3v) is 6.13. The fourth-order valence-corrected chi connectivity index (χ4v) is 4.36. The van der Waals surface area contributed by atoms with Crippen molar-refractivity contribution < 1.29 is 4.74 Å².